The molecule has 2 N–H and O–H groups in total. The van der Waals surface area contributed by atoms with Gasteiger partial charge >= 0.3 is 0 Å². The van der Waals surface area contributed by atoms with Gasteiger partial charge < -0.3 is 10.5 Å². The van der Waals surface area contributed by atoms with E-state index >= 15 is 0 Å². The van der Waals surface area contributed by atoms with Crippen molar-refractivity contribution in [2.24, 2.45) is 11.1 Å². The molecule has 1 heterocycles. The molecule has 2 aromatic rings. The van der Waals surface area contributed by atoms with Crippen molar-refractivity contribution in [3.05, 3.63) is 41.7 Å². The molecule has 1 aliphatic carbocycles. The molecule has 1 unspecified atom stereocenters. The van der Waals surface area contributed by atoms with Crippen molar-refractivity contribution in [3.8, 4) is 17.1 Å². The molecule has 0 saturated carbocycles. The van der Waals surface area contributed by atoms with Crippen LogP contribution in [0.2, 0.25) is 0 Å². The van der Waals surface area contributed by atoms with E-state index in [2.05, 4.69) is 18.8 Å². The minimum atomic E-state index is 0.0236. The van der Waals surface area contributed by atoms with Crippen LogP contribution in [0.5, 0.6) is 5.75 Å². The number of benzene rings is 1. The maximum Gasteiger partial charge on any atom is 0.163 e. The molecule has 110 valence electrons. The third kappa shape index (κ3) is 2.63. The highest BCUT2D eigenvalue weighted by Gasteiger charge is 2.31. The largest absolute Gasteiger partial charge is 0.496 e. The van der Waals surface area contributed by atoms with E-state index in [9.17, 15) is 0 Å². The van der Waals surface area contributed by atoms with Gasteiger partial charge in [-0.1, -0.05) is 26.0 Å². The molecule has 3 rings (SSSR count). The molecule has 0 bridgehead atoms. The molecule has 0 amide bonds. The van der Waals surface area contributed by atoms with Gasteiger partial charge in [0, 0.05) is 23.5 Å². The molecule has 1 aliphatic rings. The molecule has 4 heteroatoms. The summed E-state index contributed by atoms with van der Waals surface area (Å²) in [6.07, 6.45) is 3.78. The Kier molecular flexibility index (Phi) is 3.41. The number of fused-ring (bicyclic) bond motifs is 1. The van der Waals surface area contributed by atoms with Crippen molar-refractivity contribution in [1.29, 1.82) is 0 Å². The van der Waals surface area contributed by atoms with Crippen LogP contribution in [-0.4, -0.2) is 17.1 Å². The Bertz CT molecular complexity index is 667. The summed E-state index contributed by atoms with van der Waals surface area (Å²) >= 11 is 0. The van der Waals surface area contributed by atoms with E-state index < -0.39 is 0 Å². The summed E-state index contributed by atoms with van der Waals surface area (Å²) < 4.78 is 5.40. The fourth-order valence-electron chi connectivity index (χ4n) is 3.07. The van der Waals surface area contributed by atoms with Crippen molar-refractivity contribution in [3.63, 3.8) is 0 Å². The zero-order chi connectivity index (χ0) is 15.0. The number of hydrogen-bond donors (Lipinski definition) is 1. The second kappa shape index (κ2) is 5.11. The van der Waals surface area contributed by atoms with Crippen LogP contribution in [0.15, 0.2) is 30.5 Å². The SMILES string of the molecule is COc1ccccc1-c1ncc2c(n1)CC(C)(C)CC2N. The van der Waals surface area contributed by atoms with Crippen LogP contribution in [0.25, 0.3) is 11.4 Å². The summed E-state index contributed by atoms with van der Waals surface area (Å²) in [6, 6.07) is 7.84. The van der Waals surface area contributed by atoms with Crippen LogP contribution >= 0.6 is 0 Å². The van der Waals surface area contributed by atoms with Crippen LogP contribution in [-0.2, 0) is 6.42 Å². The normalized spacial score (nSPS) is 19.9. The smallest absolute Gasteiger partial charge is 0.163 e. The number of ether oxygens (including phenoxy) is 1. The standard InChI is InChI=1S/C17H21N3O/c1-17(2)8-13(18)12-10-19-16(20-14(12)9-17)11-6-4-5-7-15(11)21-3/h4-7,10,13H,8-9,18H2,1-3H3. The van der Waals surface area contributed by atoms with Gasteiger partial charge in [0.1, 0.15) is 5.75 Å². The lowest BCUT2D eigenvalue weighted by Crippen LogP contribution is -2.30. The van der Waals surface area contributed by atoms with E-state index in [1.165, 1.54) is 0 Å². The molecular weight excluding hydrogens is 262 g/mol. The van der Waals surface area contributed by atoms with Gasteiger partial charge in [0.15, 0.2) is 5.82 Å². The first-order chi connectivity index (χ1) is 10.00. The fourth-order valence-corrected chi connectivity index (χ4v) is 3.07. The minimum absolute atomic E-state index is 0.0236. The Hall–Kier alpha value is -1.94. The van der Waals surface area contributed by atoms with Crippen LogP contribution < -0.4 is 10.5 Å². The van der Waals surface area contributed by atoms with Crippen LogP contribution in [0, 0.1) is 5.41 Å². The van der Waals surface area contributed by atoms with Gasteiger partial charge in [-0.25, -0.2) is 9.97 Å². The Balaban J connectivity index is 2.07. The molecule has 1 aromatic heterocycles. The molecule has 0 fully saturated rings. The Morgan fingerprint density at radius 3 is 2.81 bits per heavy atom. The first kappa shape index (κ1) is 14.0. The summed E-state index contributed by atoms with van der Waals surface area (Å²) in [5.74, 6) is 1.49. The third-order valence-electron chi connectivity index (χ3n) is 4.07. The van der Waals surface area contributed by atoms with E-state index in [0.717, 1.165) is 35.4 Å². The van der Waals surface area contributed by atoms with E-state index in [1.807, 2.05) is 30.5 Å². The van der Waals surface area contributed by atoms with Gasteiger partial charge in [-0.15, -0.1) is 0 Å². The number of nitrogens with zero attached hydrogens (tertiary/aromatic N) is 2. The average Bonchev–Trinajstić information content (AvgIpc) is 2.45. The number of aromatic nitrogens is 2. The van der Waals surface area contributed by atoms with Gasteiger partial charge in [0.25, 0.3) is 0 Å². The zero-order valence-electron chi connectivity index (χ0n) is 12.8. The second-order valence-electron chi connectivity index (χ2n) is 6.45. The van der Waals surface area contributed by atoms with Crippen molar-refractivity contribution < 1.29 is 4.74 Å². The number of methoxy groups -OCH3 is 1. The van der Waals surface area contributed by atoms with Crippen molar-refractivity contribution in [1.82, 2.24) is 9.97 Å². The molecule has 21 heavy (non-hydrogen) atoms. The first-order valence-corrected chi connectivity index (χ1v) is 7.25. The third-order valence-corrected chi connectivity index (χ3v) is 4.07. The lowest BCUT2D eigenvalue weighted by atomic mass is 9.74. The summed E-state index contributed by atoms with van der Waals surface area (Å²) in [5, 5.41) is 0. The second-order valence-corrected chi connectivity index (χ2v) is 6.45. The molecule has 4 nitrogen and oxygen atoms in total. The highest BCUT2D eigenvalue weighted by atomic mass is 16.5. The zero-order valence-corrected chi connectivity index (χ0v) is 12.8. The van der Waals surface area contributed by atoms with Gasteiger partial charge in [-0.3, -0.25) is 0 Å². The van der Waals surface area contributed by atoms with Gasteiger partial charge in [0.05, 0.1) is 12.7 Å². The first-order valence-electron chi connectivity index (χ1n) is 7.25. The highest BCUT2D eigenvalue weighted by molar-refractivity contribution is 5.64. The number of rotatable bonds is 2. The van der Waals surface area contributed by atoms with Crippen LogP contribution in [0.1, 0.15) is 37.6 Å². The fraction of sp³-hybridized carbons (Fsp3) is 0.412. The average molecular weight is 283 g/mol. The van der Waals surface area contributed by atoms with Crippen LogP contribution in [0.3, 0.4) is 0 Å². The monoisotopic (exact) mass is 283 g/mol. The van der Waals surface area contributed by atoms with Gasteiger partial charge in [0.2, 0.25) is 0 Å². The molecule has 0 radical (unpaired) electrons. The van der Waals surface area contributed by atoms with Gasteiger partial charge in [-0.05, 0) is 30.4 Å². The van der Waals surface area contributed by atoms with E-state index in [-0.39, 0.29) is 11.5 Å². The molecule has 1 aromatic carbocycles. The quantitative estimate of drug-likeness (QED) is 0.920. The molecule has 1 atom stereocenters. The lowest BCUT2D eigenvalue weighted by Gasteiger charge is -2.34. The highest BCUT2D eigenvalue weighted by Crippen LogP contribution is 2.39. The van der Waals surface area contributed by atoms with Crippen molar-refractivity contribution in [2.75, 3.05) is 7.11 Å². The van der Waals surface area contributed by atoms with E-state index in [1.54, 1.807) is 7.11 Å². The topological polar surface area (TPSA) is 61.0 Å². The van der Waals surface area contributed by atoms with Crippen LogP contribution in [0.4, 0.5) is 0 Å². The summed E-state index contributed by atoms with van der Waals surface area (Å²) in [4.78, 5) is 9.27. The molecule has 0 aliphatic heterocycles. The number of para-hydroxylation sites is 1. The van der Waals surface area contributed by atoms with E-state index in [0.29, 0.717) is 5.82 Å². The molecule has 0 saturated heterocycles. The maximum absolute atomic E-state index is 6.26. The van der Waals surface area contributed by atoms with Gasteiger partial charge in [-0.2, -0.15) is 0 Å². The van der Waals surface area contributed by atoms with Crippen molar-refractivity contribution >= 4 is 0 Å². The number of hydrogen-bond acceptors (Lipinski definition) is 4. The Morgan fingerprint density at radius 1 is 1.29 bits per heavy atom. The molecule has 0 spiro atoms. The predicted molar refractivity (Wildman–Crippen MR) is 83.1 cm³/mol. The predicted octanol–water partition coefficient (Wildman–Crippen LogP) is 3.12. The Labute approximate surface area is 125 Å². The maximum atomic E-state index is 6.26. The minimum Gasteiger partial charge on any atom is -0.496 e. The number of nitrogens with two attached hydrogens (primary N) is 1. The summed E-state index contributed by atoms with van der Waals surface area (Å²) in [7, 11) is 1.66. The molecular formula is C17H21N3O. The Morgan fingerprint density at radius 2 is 2.05 bits per heavy atom. The summed E-state index contributed by atoms with van der Waals surface area (Å²) in [5.41, 5.74) is 9.50. The van der Waals surface area contributed by atoms with E-state index in [4.69, 9.17) is 15.5 Å². The lowest BCUT2D eigenvalue weighted by molar-refractivity contribution is 0.278. The summed E-state index contributed by atoms with van der Waals surface area (Å²) in [6.45, 7) is 4.47. The van der Waals surface area contributed by atoms with Crippen molar-refractivity contribution in [2.45, 2.75) is 32.7 Å².